The van der Waals surface area contributed by atoms with Crippen LogP contribution in [-0.4, -0.2) is 43.4 Å². The van der Waals surface area contributed by atoms with Crippen molar-refractivity contribution in [2.75, 3.05) is 28.4 Å². The molecular weight excluding hydrogens is 570 g/mol. The van der Waals surface area contributed by atoms with Crippen molar-refractivity contribution in [2.24, 2.45) is 0 Å². The third-order valence-electron chi connectivity index (χ3n) is 6.91. The lowest BCUT2D eigenvalue weighted by Crippen LogP contribution is -2.04. The predicted octanol–water partition coefficient (Wildman–Crippen LogP) is 6.56. The van der Waals surface area contributed by atoms with Gasteiger partial charge in [-0.25, -0.2) is 4.68 Å². The maximum Gasteiger partial charge on any atom is 0.123 e. The summed E-state index contributed by atoms with van der Waals surface area (Å²) in [5.74, 6) is 10.0. The zero-order valence-corrected chi connectivity index (χ0v) is 26.0. The first-order valence-electron chi connectivity index (χ1n) is 14.2. The van der Waals surface area contributed by atoms with Gasteiger partial charge in [-0.1, -0.05) is 23.3 Å². The Balaban J connectivity index is 1.38. The summed E-state index contributed by atoms with van der Waals surface area (Å²) in [6.45, 7) is 2.88. The fraction of sp³-hybridized carbons (Fsp3) is 0.222. The number of nitrogens with zero attached hydrogens (tertiary/aromatic N) is 3. The van der Waals surface area contributed by atoms with Gasteiger partial charge < -0.3 is 28.4 Å². The highest BCUT2D eigenvalue weighted by Gasteiger charge is 2.11. The minimum absolute atomic E-state index is 0.301. The molecule has 0 spiro atoms. The lowest BCUT2D eigenvalue weighted by atomic mass is 10.1. The third-order valence-corrected chi connectivity index (χ3v) is 6.91. The molecular formula is C36H35N3O6. The molecule has 1 heterocycles. The van der Waals surface area contributed by atoms with E-state index in [0.29, 0.717) is 54.3 Å². The second-order valence-corrected chi connectivity index (χ2v) is 10.1. The number of benzene rings is 4. The van der Waals surface area contributed by atoms with Gasteiger partial charge in [-0.2, -0.15) is 0 Å². The van der Waals surface area contributed by atoms with Gasteiger partial charge in [-0.15, -0.1) is 11.0 Å². The molecule has 5 aromatic rings. The molecule has 0 saturated heterocycles. The second kappa shape index (κ2) is 14.7. The fourth-order valence-electron chi connectivity index (χ4n) is 4.69. The SMILES string of the molecule is CC#Cc1ccc(-c2cn(Cc3cc(OCc4cc(OC)cc(OC)c4)cc(OCc4cc(OC)cc(OC)c4)c3)nn2)cc1. The molecule has 9 heteroatoms. The van der Waals surface area contributed by atoms with Crippen LogP contribution >= 0.6 is 0 Å². The quantitative estimate of drug-likeness (QED) is 0.140. The Hall–Kier alpha value is -5.62. The summed E-state index contributed by atoms with van der Waals surface area (Å²) in [4.78, 5) is 0. The molecule has 0 amide bonds. The van der Waals surface area contributed by atoms with Crippen molar-refractivity contribution >= 4 is 0 Å². The van der Waals surface area contributed by atoms with Crippen LogP contribution in [0.15, 0.2) is 85.1 Å². The fourth-order valence-corrected chi connectivity index (χ4v) is 4.69. The molecule has 0 atom stereocenters. The molecule has 9 nitrogen and oxygen atoms in total. The smallest absolute Gasteiger partial charge is 0.123 e. The number of aromatic nitrogens is 3. The van der Waals surface area contributed by atoms with Gasteiger partial charge in [0.1, 0.15) is 53.4 Å². The summed E-state index contributed by atoms with van der Waals surface area (Å²) < 4.78 is 36.0. The summed E-state index contributed by atoms with van der Waals surface area (Å²) >= 11 is 0. The number of hydrogen-bond acceptors (Lipinski definition) is 8. The van der Waals surface area contributed by atoms with Gasteiger partial charge in [-0.05, 0) is 72.1 Å². The van der Waals surface area contributed by atoms with Gasteiger partial charge in [-0.3, -0.25) is 0 Å². The topological polar surface area (TPSA) is 86.1 Å². The maximum atomic E-state index is 6.25. The number of rotatable bonds is 13. The monoisotopic (exact) mass is 605 g/mol. The Morgan fingerprint density at radius 3 is 1.53 bits per heavy atom. The number of ether oxygens (including phenoxy) is 6. The van der Waals surface area contributed by atoms with E-state index in [4.69, 9.17) is 28.4 Å². The maximum absolute atomic E-state index is 6.25. The van der Waals surface area contributed by atoms with Crippen LogP contribution in [0.3, 0.4) is 0 Å². The van der Waals surface area contributed by atoms with Crippen LogP contribution in [0.1, 0.15) is 29.2 Å². The molecule has 0 bridgehead atoms. The average molecular weight is 606 g/mol. The Labute approximate surface area is 263 Å². The molecule has 0 fully saturated rings. The second-order valence-electron chi connectivity index (χ2n) is 10.1. The molecule has 0 unspecified atom stereocenters. The van der Waals surface area contributed by atoms with Gasteiger partial charge in [0.25, 0.3) is 0 Å². The molecule has 230 valence electrons. The van der Waals surface area contributed by atoms with E-state index in [1.807, 2.05) is 92.0 Å². The van der Waals surface area contributed by atoms with Crippen molar-refractivity contribution in [2.45, 2.75) is 26.7 Å². The highest BCUT2D eigenvalue weighted by Crippen LogP contribution is 2.29. The largest absolute Gasteiger partial charge is 0.497 e. The molecule has 4 aromatic carbocycles. The van der Waals surface area contributed by atoms with Gasteiger partial charge in [0.05, 0.1) is 41.2 Å². The first kappa shape index (κ1) is 30.8. The molecule has 0 saturated carbocycles. The lowest BCUT2D eigenvalue weighted by molar-refractivity contribution is 0.287. The Morgan fingerprint density at radius 2 is 1.07 bits per heavy atom. The lowest BCUT2D eigenvalue weighted by Gasteiger charge is -2.14. The van der Waals surface area contributed by atoms with Crippen molar-refractivity contribution in [1.82, 2.24) is 15.0 Å². The van der Waals surface area contributed by atoms with Gasteiger partial charge in [0, 0.05) is 29.3 Å². The summed E-state index contributed by atoms with van der Waals surface area (Å²) in [5, 5.41) is 8.76. The van der Waals surface area contributed by atoms with Crippen molar-refractivity contribution in [3.63, 3.8) is 0 Å². The standard InChI is InChI=1S/C36H35N3O6/c1-6-7-25-8-10-29(11-9-25)36-22-39(38-37-36)21-26-12-34(44-23-27-14-30(40-2)18-31(15-27)41-3)20-35(13-26)45-24-28-16-32(42-4)19-33(17-28)43-5/h8-20,22H,21,23-24H2,1-5H3. The van der Waals surface area contributed by atoms with Crippen LogP contribution in [0.25, 0.3) is 11.3 Å². The van der Waals surface area contributed by atoms with Crippen LogP contribution in [0, 0.1) is 11.8 Å². The number of hydrogen-bond donors (Lipinski definition) is 0. The Bertz CT molecular complexity index is 1680. The van der Waals surface area contributed by atoms with Crippen molar-refractivity contribution in [1.29, 1.82) is 0 Å². The highest BCUT2D eigenvalue weighted by atomic mass is 16.5. The average Bonchev–Trinajstić information content (AvgIpc) is 3.54. The molecule has 0 radical (unpaired) electrons. The predicted molar refractivity (Wildman–Crippen MR) is 171 cm³/mol. The van der Waals surface area contributed by atoms with E-state index < -0.39 is 0 Å². The van der Waals surface area contributed by atoms with E-state index in [1.165, 1.54) is 0 Å². The van der Waals surface area contributed by atoms with E-state index >= 15 is 0 Å². The minimum atomic E-state index is 0.301. The summed E-state index contributed by atoms with van der Waals surface area (Å²) in [5.41, 5.74) is 5.43. The van der Waals surface area contributed by atoms with E-state index in [0.717, 1.165) is 33.5 Å². The Kier molecular flexibility index (Phi) is 10.1. The van der Waals surface area contributed by atoms with Crippen LogP contribution in [0.5, 0.6) is 34.5 Å². The first-order chi connectivity index (χ1) is 22.0. The van der Waals surface area contributed by atoms with Crippen LogP contribution in [0.4, 0.5) is 0 Å². The van der Waals surface area contributed by atoms with Crippen LogP contribution in [-0.2, 0) is 19.8 Å². The van der Waals surface area contributed by atoms with Gasteiger partial charge in [0.15, 0.2) is 0 Å². The Morgan fingerprint density at radius 1 is 0.600 bits per heavy atom. The van der Waals surface area contributed by atoms with Gasteiger partial charge >= 0.3 is 0 Å². The van der Waals surface area contributed by atoms with Gasteiger partial charge in [0.2, 0.25) is 0 Å². The van der Waals surface area contributed by atoms with E-state index in [1.54, 1.807) is 33.1 Å². The molecule has 0 aliphatic heterocycles. The van der Waals surface area contributed by atoms with Crippen molar-refractivity contribution < 1.29 is 28.4 Å². The zero-order chi connectivity index (χ0) is 31.6. The zero-order valence-electron chi connectivity index (χ0n) is 26.0. The van der Waals surface area contributed by atoms with E-state index in [2.05, 4.69) is 22.2 Å². The first-order valence-corrected chi connectivity index (χ1v) is 14.2. The molecule has 1 aromatic heterocycles. The third kappa shape index (κ3) is 8.27. The number of methoxy groups -OCH3 is 4. The summed E-state index contributed by atoms with van der Waals surface area (Å²) in [6, 6.07) is 25.1. The molecule has 0 aliphatic carbocycles. The molecule has 45 heavy (non-hydrogen) atoms. The van der Waals surface area contributed by atoms with Crippen LogP contribution in [0.2, 0.25) is 0 Å². The summed E-state index contributed by atoms with van der Waals surface area (Å²) in [7, 11) is 6.48. The molecule has 0 aliphatic rings. The van der Waals surface area contributed by atoms with Crippen molar-refractivity contribution in [3.05, 3.63) is 107 Å². The van der Waals surface area contributed by atoms with E-state index in [9.17, 15) is 0 Å². The highest BCUT2D eigenvalue weighted by molar-refractivity contribution is 5.59. The normalized spacial score (nSPS) is 10.4. The molecule has 0 N–H and O–H groups in total. The van der Waals surface area contributed by atoms with E-state index in [-0.39, 0.29) is 0 Å². The molecule has 5 rings (SSSR count). The minimum Gasteiger partial charge on any atom is -0.497 e. The summed E-state index contributed by atoms with van der Waals surface area (Å²) in [6.07, 6.45) is 1.92. The van der Waals surface area contributed by atoms with Crippen molar-refractivity contribution in [3.8, 4) is 57.6 Å². The van der Waals surface area contributed by atoms with Crippen LogP contribution < -0.4 is 28.4 Å².